The van der Waals surface area contributed by atoms with Crippen molar-refractivity contribution in [2.75, 3.05) is 0 Å². The zero-order valence-corrected chi connectivity index (χ0v) is 13.2. The van der Waals surface area contributed by atoms with Gasteiger partial charge in [-0.2, -0.15) is 0 Å². The normalized spacial score (nSPS) is 11.4. The highest BCUT2D eigenvalue weighted by Gasteiger charge is 2.18. The van der Waals surface area contributed by atoms with Gasteiger partial charge < -0.3 is 4.74 Å². The lowest BCUT2D eigenvalue weighted by Gasteiger charge is -2.22. The van der Waals surface area contributed by atoms with Crippen LogP contribution in [-0.4, -0.2) is 0 Å². The van der Waals surface area contributed by atoms with E-state index in [1.807, 2.05) is 6.07 Å². The van der Waals surface area contributed by atoms with Crippen LogP contribution in [0.1, 0.15) is 43.0 Å². The molecular weight excluding hydrogens is 244 g/mol. The number of aryl methyl sites for hydroxylation is 2. The zero-order chi connectivity index (χ0) is 14.8. The van der Waals surface area contributed by atoms with Gasteiger partial charge in [-0.1, -0.05) is 68.3 Å². The van der Waals surface area contributed by atoms with Crippen molar-refractivity contribution in [2.24, 2.45) is 0 Å². The Bertz CT molecular complexity index is 571. The summed E-state index contributed by atoms with van der Waals surface area (Å²) in [5.41, 5.74) is 5.15. The Kier molecular flexibility index (Phi) is 4.17. The van der Waals surface area contributed by atoms with Gasteiger partial charge in [-0.3, -0.25) is 0 Å². The van der Waals surface area contributed by atoms with Crippen LogP contribution in [0.4, 0.5) is 0 Å². The molecule has 0 radical (unpaired) electrons. The van der Waals surface area contributed by atoms with E-state index in [2.05, 4.69) is 71.0 Å². The molecule has 0 aliphatic heterocycles. The van der Waals surface area contributed by atoms with Gasteiger partial charge in [0.05, 0.1) is 0 Å². The molecule has 0 saturated heterocycles. The van der Waals surface area contributed by atoms with Crippen LogP contribution in [0.5, 0.6) is 5.75 Å². The van der Waals surface area contributed by atoms with E-state index in [0.717, 1.165) is 5.75 Å². The lowest BCUT2D eigenvalue weighted by atomic mass is 9.86. The van der Waals surface area contributed by atoms with Gasteiger partial charge in [0.25, 0.3) is 0 Å². The first kappa shape index (κ1) is 14.6. The molecule has 0 aliphatic rings. The third-order valence-electron chi connectivity index (χ3n) is 3.37. The molecule has 0 atom stereocenters. The van der Waals surface area contributed by atoms with Crippen LogP contribution in [0, 0.1) is 13.8 Å². The summed E-state index contributed by atoms with van der Waals surface area (Å²) in [4.78, 5) is 0. The molecule has 0 unspecified atom stereocenters. The Morgan fingerprint density at radius 2 is 1.50 bits per heavy atom. The van der Waals surface area contributed by atoms with E-state index < -0.39 is 0 Å². The van der Waals surface area contributed by atoms with E-state index in [9.17, 15) is 0 Å². The number of hydrogen-bond donors (Lipinski definition) is 0. The number of para-hydroxylation sites is 1. The Hall–Kier alpha value is -1.76. The molecule has 20 heavy (non-hydrogen) atoms. The molecule has 2 rings (SSSR count). The highest BCUT2D eigenvalue weighted by molar-refractivity contribution is 5.38. The van der Waals surface area contributed by atoms with Gasteiger partial charge in [-0.05, 0) is 36.5 Å². The first-order valence-electron chi connectivity index (χ1n) is 7.16. The molecule has 0 spiro atoms. The second kappa shape index (κ2) is 5.70. The number of benzene rings is 2. The maximum atomic E-state index is 6.06. The molecule has 0 fully saturated rings. The SMILES string of the molecule is Cc1cc(C)cc(COc2ccccc2C(C)(C)C)c1. The van der Waals surface area contributed by atoms with E-state index in [1.54, 1.807) is 0 Å². The van der Waals surface area contributed by atoms with Crippen molar-refractivity contribution >= 4 is 0 Å². The van der Waals surface area contributed by atoms with Crippen LogP contribution in [0.25, 0.3) is 0 Å². The molecule has 0 saturated carbocycles. The molecule has 0 aliphatic carbocycles. The fourth-order valence-corrected chi connectivity index (χ4v) is 2.53. The summed E-state index contributed by atoms with van der Waals surface area (Å²) in [5, 5.41) is 0. The Morgan fingerprint density at radius 3 is 2.10 bits per heavy atom. The topological polar surface area (TPSA) is 9.23 Å². The first-order valence-corrected chi connectivity index (χ1v) is 7.16. The monoisotopic (exact) mass is 268 g/mol. The summed E-state index contributed by atoms with van der Waals surface area (Å²) in [6, 6.07) is 14.9. The maximum Gasteiger partial charge on any atom is 0.123 e. The Balaban J connectivity index is 2.19. The highest BCUT2D eigenvalue weighted by Crippen LogP contribution is 2.31. The smallest absolute Gasteiger partial charge is 0.123 e. The Labute approximate surface area is 122 Å². The number of hydrogen-bond acceptors (Lipinski definition) is 1. The van der Waals surface area contributed by atoms with Crippen LogP contribution in [0.15, 0.2) is 42.5 Å². The van der Waals surface area contributed by atoms with Crippen molar-refractivity contribution in [3.63, 3.8) is 0 Å². The van der Waals surface area contributed by atoms with Crippen molar-refractivity contribution in [3.8, 4) is 5.75 Å². The zero-order valence-electron chi connectivity index (χ0n) is 13.2. The molecule has 0 N–H and O–H groups in total. The fourth-order valence-electron chi connectivity index (χ4n) is 2.53. The van der Waals surface area contributed by atoms with Crippen LogP contribution in [-0.2, 0) is 12.0 Å². The van der Waals surface area contributed by atoms with Gasteiger partial charge in [-0.15, -0.1) is 0 Å². The average molecular weight is 268 g/mol. The molecule has 2 aromatic rings. The lowest BCUT2D eigenvalue weighted by Crippen LogP contribution is -2.13. The molecule has 0 aromatic heterocycles. The summed E-state index contributed by atoms with van der Waals surface area (Å²) in [5.74, 6) is 0.985. The molecular formula is C19H24O. The van der Waals surface area contributed by atoms with Crippen LogP contribution in [0.2, 0.25) is 0 Å². The average Bonchev–Trinajstić information content (AvgIpc) is 2.34. The minimum Gasteiger partial charge on any atom is -0.489 e. The van der Waals surface area contributed by atoms with Gasteiger partial charge in [0.2, 0.25) is 0 Å². The van der Waals surface area contributed by atoms with E-state index >= 15 is 0 Å². The standard InChI is InChI=1S/C19H24O/c1-14-10-15(2)12-16(11-14)13-20-18-9-7-6-8-17(18)19(3,4)5/h6-12H,13H2,1-5H3. The van der Waals surface area contributed by atoms with Crippen molar-refractivity contribution in [1.82, 2.24) is 0 Å². The summed E-state index contributed by atoms with van der Waals surface area (Å²) in [6.45, 7) is 11.5. The molecule has 0 amide bonds. The lowest BCUT2D eigenvalue weighted by molar-refractivity contribution is 0.297. The van der Waals surface area contributed by atoms with Crippen molar-refractivity contribution < 1.29 is 4.74 Å². The van der Waals surface area contributed by atoms with E-state index in [1.165, 1.54) is 22.3 Å². The van der Waals surface area contributed by atoms with E-state index in [-0.39, 0.29) is 5.41 Å². The predicted molar refractivity (Wildman–Crippen MR) is 85.4 cm³/mol. The number of ether oxygens (including phenoxy) is 1. The number of rotatable bonds is 3. The molecule has 0 bridgehead atoms. The van der Waals surface area contributed by atoms with Gasteiger partial charge in [0.15, 0.2) is 0 Å². The van der Waals surface area contributed by atoms with E-state index in [0.29, 0.717) is 6.61 Å². The van der Waals surface area contributed by atoms with Crippen molar-refractivity contribution in [2.45, 2.75) is 46.6 Å². The molecule has 1 nitrogen and oxygen atoms in total. The van der Waals surface area contributed by atoms with Crippen LogP contribution < -0.4 is 4.74 Å². The summed E-state index contributed by atoms with van der Waals surface area (Å²) >= 11 is 0. The van der Waals surface area contributed by atoms with Crippen LogP contribution >= 0.6 is 0 Å². The molecule has 1 heteroatoms. The third kappa shape index (κ3) is 3.63. The van der Waals surface area contributed by atoms with Gasteiger partial charge in [0.1, 0.15) is 12.4 Å². The summed E-state index contributed by atoms with van der Waals surface area (Å²) in [7, 11) is 0. The summed E-state index contributed by atoms with van der Waals surface area (Å²) < 4.78 is 6.06. The second-order valence-corrected chi connectivity index (χ2v) is 6.53. The molecule has 0 heterocycles. The molecule has 2 aromatic carbocycles. The fraction of sp³-hybridized carbons (Fsp3) is 0.368. The highest BCUT2D eigenvalue weighted by atomic mass is 16.5. The Morgan fingerprint density at radius 1 is 0.900 bits per heavy atom. The quantitative estimate of drug-likeness (QED) is 0.745. The molecule has 106 valence electrons. The first-order chi connectivity index (χ1) is 9.36. The largest absolute Gasteiger partial charge is 0.489 e. The van der Waals surface area contributed by atoms with Crippen molar-refractivity contribution in [1.29, 1.82) is 0 Å². The minimum atomic E-state index is 0.0963. The minimum absolute atomic E-state index is 0.0963. The van der Waals surface area contributed by atoms with Gasteiger partial charge in [-0.25, -0.2) is 0 Å². The maximum absolute atomic E-state index is 6.06. The van der Waals surface area contributed by atoms with Gasteiger partial charge in [0, 0.05) is 0 Å². The summed E-state index contributed by atoms with van der Waals surface area (Å²) in [6.07, 6.45) is 0. The van der Waals surface area contributed by atoms with Gasteiger partial charge >= 0.3 is 0 Å². The second-order valence-electron chi connectivity index (χ2n) is 6.53. The van der Waals surface area contributed by atoms with Crippen molar-refractivity contribution in [3.05, 3.63) is 64.7 Å². The predicted octanol–water partition coefficient (Wildman–Crippen LogP) is 5.18. The van der Waals surface area contributed by atoms with Crippen LogP contribution in [0.3, 0.4) is 0 Å². The van der Waals surface area contributed by atoms with E-state index in [4.69, 9.17) is 4.74 Å². The third-order valence-corrected chi connectivity index (χ3v) is 3.37.